The first-order chi connectivity index (χ1) is 14.0. The van der Waals surface area contributed by atoms with Crippen LogP contribution >= 0.6 is 11.6 Å². The van der Waals surface area contributed by atoms with E-state index in [-0.39, 0.29) is 5.91 Å². The minimum absolute atomic E-state index is 0.169. The van der Waals surface area contributed by atoms with Crippen molar-refractivity contribution < 1.29 is 9.53 Å². The van der Waals surface area contributed by atoms with Gasteiger partial charge in [0.15, 0.2) is 0 Å². The Balaban J connectivity index is 1.59. The van der Waals surface area contributed by atoms with Crippen molar-refractivity contribution in [3.8, 4) is 0 Å². The number of nitrogens with one attached hydrogen (secondary N) is 1. The molecule has 6 nitrogen and oxygen atoms in total. The number of rotatable bonds is 5. The van der Waals surface area contributed by atoms with Crippen LogP contribution in [0, 0.1) is 0 Å². The summed E-state index contributed by atoms with van der Waals surface area (Å²) in [7, 11) is 0. The third kappa shape index (κ3) is 4.45. The Morgan fingerprint density at radius 1 is 1.17 bits per heavy atom. The van der Waals surface area contributed by atoms with E-state index < -0.39 is 0 Å². The summed E-state index contributed by atoms with van der Waals surface area (Å²) in [5, 5.41) is 3.56. The van der Waals surface area contributed by atoms with Gasteiger partial charge in [-0.05, 0) is 56.3 Å². The van der Waals surface area contributed by atoms with Gasteiger partial charge < -0.3 is 14.6 Å². The number of fused-ring (bicyclic) bond motifs is 1. The van der Waals surface area contributed by atoms with Crippen molar-refractivity contribution in [1.29, 1.82) is 0 Å². The molecule has 1 fully saturated rings. The van der Waals surface area contributed by atoms with Crippen LogP contribution in [-0.2, 0) is 11.3 Å². The summed E-state index contributed by atoms with van der Waals surface area (Å²) in [6.45, 7) is 8.50. The largest absolute Gasteiger partial charge is 0.379 e. The molecule has 1 N–H and O–H groups in total. The predicted molar refractivity (Wildman–Crippen MR) is 116 cm³/mol. The molecule has 0 unspecified atom stereocenters. The number of imidazole rings is 1. The summed E-state index contributed by atoms with van der Waals surface area (Å²) in [4.78, 5) is 19.8. The molecule has 2 heterocycles. The molecule has 1 aromatic heterocycles. The van der Waals surface area contributed by atoms with Gasteiger partial charge in [0.2, 0.25) is 0 Å². The number of morpholine rings is 1. The third-order valence-corrected chi connectivity index (χ3v) is 5.36. The minimum atomic E-state index is -0.169. The number of amides is 1. The number of halogens is 1. The topological polar surface area (TPSA) is 59.4 Å². The highest BCUT2D eigenvalue weighted by molar-refractivity contribution is 6.30. The molecule has 0 atom stereocenters. The number of ether oxygens (including phenoxy) is 1. The summed E-state index contributed by atoms with van der Waals surface area (Å²) in [5.41, 5.74) is 3.25. The fraction of sp³-hybridized carbons (Fsp3) is 0.364. The number of aromatic nitrogens is 2. The Morgan fingerprint density at radius 2 is 1.90 bits per heavy atom. The first-order valence-corrected chi connectivity index (χ1v) is 10.3. The van der Waals surface area contributed by atoms with E-state index in [2.05, 4.69) is 28.6 Å². The maximum Gasteiger partial charge on any atom is 0.255 e. The van der Waals surface area contributed by atoms with Crippen molar-refractivity contribution in [2.24, 2.45) is 0 Å². The average molecular weight is 413 g/mol. The molecule has 0 radical (unpaired) electrons. The van der Waals surface area contributed by atoms with E-state index >= 15 is 0 Å². The van der Waals surface area contributed by atoms with E-state index in [0.29, 0.717) is 16.6 Å². The third-order valence-electron chi connectivity index (χ3n) is 5.11. The molecule has 0 bridgehead atoms. The van der Waals surface area contributed by atoms with Crippen molar-refractivity contribution in [1.82, 2.24) is 14.5 Å². The van der Waals surface area contributed by atoms with Crippen molar-refractivity contribution in [2.75, 3.05) is 31.6 Å². The SMILES string of the molecule is CC(C)n1c(CN2CCOCC2)nc2cc(NC(=O)c3ccc(Cl)cc3)ccc21. The Morgan fingerprint density at radius 3 is 2.59 bits per heavy atom. The number of hydrogen-bond donors (Lipinski definition) is 1. The lowest BCUT2D eigenvalue weighted by Gasteiger charge is -2.27. The maximum absolute atomic E-state index is 12.5. The normalized spacial score (nSPS) is 15.2. The van der Waals surface area contributed by atoms with Crippen LogP contribution in [0.15, 0.2) is 42.5 Å². The summed E-state index contributed by atoms with van der Waals surface area (Å²) in [6.07, 6.45) is 0. The Bertz CT molecular complexity index is 1010. The van der Waals surface area contributed by atoms with Gasteiger partial charge in [-0.3, -0.25) is 9.69 Å². The lowest BCUT2D eigenvalue weighted by Crippen LogP contribution is -2.36. The lowest BCUT2D eigenvalue weighted by atomic mass is 10.2. The molecular weight excluding hydrogens is 388 g/mol. The molecule has 0 spiro atoms. The van der Waals surface area contributed by atoms with Crippen molar-refractivity contribution in [3.63, 3.8) is 0 Å². The Hall–Kier alpha value is -2.41. The minimum Gasteiger partial charge on any atom is -0.379 e. The molecule has 7 heteroatoms. The van der Waals surface area contributed by atoms with E-state index in [1.807, 2.05) is 18.2 Å². The van der Waals surface area contributed by atoms with Gasteiger partial charge in [-0.1, -0.05) is 11.6 Å². The number of benzene rings is 2. The number of anilines is 1. The van der Waals surface area contributed by atoms with E-state index in [1.165, 1.54) is 0 Å². The smallest absolute Gasteiger partial charge is 0.255 e. The summed E-state index contributed by atoms with van der Waals surface area (Å²) >= 11 is 5.90. The second-order valence-corrected chi connectivity index (χ2v) is 7.98. The molecular formula is C22H25ClN4O2. The zero-order chi connectivity index (χ0) is 20.4. The zero-order valence-electron chi connectivity index (χ0n) is 16.7. The first-order valence-electron chi connectivity index (χ1n) is 9.89. The number of carbonyl (C=O) groups excluding carboxylic acids is 1. The molecule has 0 saturated carbocycles. The van der Waals surface area contributed by atoms with E-state index in [0.717, 1.165) is 55.4 Å². The van der Waals surface area contributed by atoms with Gasteiger partial charge in [0.25, 0.3) is 5.91 Å². The standard InChI is InChI=1S/C22H25ClN4O2/c1-15(2)27-20-8-7-18(24-22(28)16-3-5-17(23)6-4-16)13-19(20)25-21(27)14-26-9-11-29-12-10-26/h3-8,13,15H,9-12,14H2,1-2H3,(H,24,28). The highest BCUT2D eigenvalue weighted by Crippen LogP contribution is 2.25. The summed E-state index contributed by atoms with van der Waals surface area (Å²) in [5.74, 6) is 0.871. The van der Waals surface area contributed by atoms with Gasteiger partial charge in [0, 0.05) is 35.4 Å². The fourth-order valence-corrected chi connectivity index (χ4v) is 3.80. The van der Waals surface area contributed by atoms with Gasteiger partial charge in [0.05, 0.1) is 30.8 Å². The van der Waals surface area contributed by atoms with Crippen LogP contribution in [0.4, 0.5) is 5.69 Å². The molecule has 1 saturated heterocycles. The molecule has 152 valence electrons. The molecule has 0 aliphatic carbocycles. The van der Waals surface area contributed by atoms with Gasteiger partial charge >= 0.3 is 0 Å². The molecule has 4 rings (SSSR count). The van der Waals surface area contributed by atoms with Crippen molar-refractivity contribution in [3.05, 3.63) is 58.9 Å². The van der Waals surface area contributed by atoms with Gasteiger partial charge in [-0.2, -0.15) is 0 Å². The van der Waals surface area contributed by atoms with Crippen LogP contribution in [0.25, 0.3) is 11.0 Å². The van der Waals surface area contributed by atoms with Crippen LogP contribution in [0.2, 0.25) is 5.02 Å². The van der Waals surface area contributed by atoms with Crippen LogP contribution in [0.1, 0.15) is 36.1 Å². The number of carbonyl (C=O) groups is 1. The summed E-state index contributed by atoms with van der Waals surface area (Å²) < 4.78 is 7.73. The number of nitrogens with zero attached hydrogens (tertiary/aromatic N) is 3. The van der Waals surface area contributed by atoms with Crippen molar-refractivity contribution >= 4 is 34.2 Å². The van der Waals surface area contributed by atoms with Gasteiger partial charge in [-0.25, -0.2) is 4.98 Å². The zero-order valence-corrected chi connectivity index (χ0v) is 17.4. The molecule has 3 aromatic rings. The molecule has 29 heavy (non-hydrogen) atoms. The van der Waals surface area contributed by atoms with Crippen LogP contribution in [0.5, 0.6) is 0 Å². The predicted octanol–water partition coefficient (Wildman–Crippen LogP) is 4.36. The maximum atomic E-state index is 12.5. The second kappa shape index (κ2) is 8.53. The quantitative estimate of drug-likeness (QED) is 0.676. The highest BCUT2D eigenvalue weighted by Gasteiger charge is 2.18. The van der Waals surface area contributed by atoms with Crippen molar-refractivity contribution in [2.45, 2.75) is 26.4 Å². The second-order valence-electron chi connectivity index (χ2n) is 7.54. The highest BCUT2D eigenvalue weighted by atomic mass is 35.5. The van der Waals surface area contributed by atoms with Gasteiger partial charge in [0.1, 0.15) is 5.82 Å². The van der Waals surface area contributed by atoms with Crippen LogP contribution in [-0.4, -0.2) is 46.7 Å². The molecule has 1 aliphatic rings. The lowest BCUT2D eigenvalue weighted by molar-refractivity contribution is 0.0325. The molecule has 1 amide bonds. The van der Waals surface area contributed by atoms with E-state index in [9.17, 15) is 4.79 Å². The average Bonchev–Trinajstić information content (AvgIpc) is 3.06. The number of hydrogen-bond acceptors (Lipinski definition) is 4. The van der Waals surface area contributed by atoms with E-state index in [4.69, 9.17) is 21.3 Å². The summed E-state index contributed by atoms with van der Waals surface area (Å²) in [6, 6.07) is 13.0. The van der Waals surface area contributed by atoms with E-state index in [1.54, 1.807) is 24.3 Å². The monoisotopic (exact) mass is 412 g/mol. The van der Waals surface area contributed by atoms with Crippen LogP contribution < -0.4 is 5.32 Å². The first kappa shape index (κ1) is 19.9. The fourth-order valence-electron chi connectivity index (χ4n) is 3.68. The molecule has 1 aliphatic heterocycles. The Labute approximate surface area is 175 Å². The van der Waals surface area contributed by atoms with Crippen LogP contribution in [0.3, 0.4) is 0 Å². The molecule has 2 aromatic carbocycles. The Kier molecular flexibility index (Phi) is 5.85. The van der Waals surface area contributed by atoms with Gasteiger partial charge in [-0.15, -0.1) is 0 Å².